The zero-order chi connectivity index (χ0) is 12.8. The molecule has 90 valence electrons. The van der Waals surface area contributed by atoms with Crippen LogP contribution in [0.2, 0.25) is 0 Å². The van der Waals surface area contributed by atoms with Crippen LogP contribution in [0.15, 0.2) is 27.6 Å². The lowest BCUT2D eigenvalue weighted by Crippen LogP contribution is -2.31. The molecule has 0 aliphatic rings. The van der Waals surface area contributed by atoms with Gasteiger partial charge >= 0.3 is 0 Å². The zero-order valence-corrected chi connectivity index (χ0v) is 12.0. The zero-order valence-electron chi connectivity index (χ0n) is 9.48. The third-order valence-corrected chi connectivity index (χ3v) is 3.22. The number of nitriles is 1. The number of hydrogen-bond donors (Lipinski definition) is 1. The Hall–Kier alpha value is -0.990. The van der Waals surface area contributed by atoms with E-state index in [0.717, 1.165) is 4.47 Å². The van der Waals surface area contributed by atoms with Gasteiger partial charge in [-0.1, -0.05) is 15.9 Å². The van der Waals surface area contributed by atoms with Gasteiger partial charge in [0.25, 0.3) is 5.91 Å². The van der Waals surface area contributed by atoms with E-state index < -0.39 is 0 Å². The predicted octanol–water partition coefficient (Wildman–Crippen LogP) is 3.11. The molecular weight excluding hydrogens is 300 g/mol. The molecule has 0 aliphatic carbocycles. The lowest BCUT2D eigenvalue weighted by molar-refractivity contribution is 0.0764. The van der Waals surface area contributed by atoms with Gasteiger partial charge in [0.2, 0.25) is 0 Å². The van der Waals surface area contributed by atoms with Gasteiger partial charge in [0.05, 0.1) is 18.1 Å². The van der Waals surface area contributed by atoms with Crippen molar-refractivity contribution in [1.29, 1.82) is 5.26 Å². The van der Waals surface area contributed by atoms with Gasteiger partial charge in [-0.15, -0.1) is 12.6 Å². The predicted molar refractivity (Wildman–Crippen MR) is 73.2 cm³/mol. The Labute approximate surface area is 115 Å². The van der Waals surface area contributed by atoms with Gasteiger partial charge in [-0.25, -0.2) is 0 Å². The summed E-state index contributed by atoms with van der Waals surface area (Å²) in [5.74, 6) is -0.0831. The smallest absolute Gasteiger partial charge is 0.255 e. The first-order valence-corrected chi connectivity index (χ1v) is 6.49. The van der Waals surface area contributed by atoms with Crippen molar-refractivity contribution >= 4 is 34.5 Å². The minimum Gasteiger partial charge on any atom is -0.338 e. The molecule has 0 aromatic heterocycles. The number of thiol groups is 1. The van der Waals surface area contributed by atoms with Crippen molar-refractivity contribution in [3.63, 3.8) is 0 Å². The third kappa shape index (κ3) is 3.76. The maximum Gasteiger partial charge on any atom is 0.255 e. The number of carbonyl (C=O) groups excluding carboxylic acids is 1. The van der Waals surface area contributed by atoms with Gasteiger partial charge < -0.3 is 4.90 Å². The molecule has 17 heavy (non-hydrogen) atoms. The summed E-state index contributed by atoms with van der Waals surface area (Å²) in [5, 5.41) is 8.54. The van der Waals surface area contributed by atoms with Crippen LogP contribution in [0.3, 0.4) is 0 Å². The summed E-state index contributed by atoms with van der Waals surface area (Å²) < 4.78 is 0.888. The quantitative estimate of drug-likeness (QED) is 0.868. The van der Waals surface area contributed by atoms with E-state index in [1.807, 2.05) is 19.1 Å². The molecule has 0 aliphatic heterocycles. The molecular formula is C12H13BrN2OS. The maximum atomic E-state index is 12.2. The summed E-state index contributed by atoms with van der Waals surface area (Å²) in [4.78, 5) is 14.4. The average molecular weight is 313 g/mol. The Morgan fingerprint density at radius 3 is 2.82 bits per heavy atom. The number of benzene rings is 1. The first-order valence-electron chi connectivity index (χ1n) is 5.25. The molecule has 0 heterocycles. The number of halogens is 1. The minimum absolute atomic E-state index is 0.0831. The van der Waals surface area contributed by atoms with Gasteiger partial charge in [0, 0.05) is 22.5 Å². The summed E-state index contributed by atoms with van der Waals surface area (Å²) >= 11 is 7.61. The van der Waals surface area contributed by atoms with Crippen LogP contribution in [0.25, 0.3) is 0 Å². The molecule has 0 saturated carbocycles. The molecule has 1 aromatic carbocycles. The van der Waals surface area contributed by atoms with Gasteiger partial charge in [-0.05, 0) is 25.1 Å². The van der Waals surface area contributed by atoms with E-state index in [4.69, 9.17) is 5.26 Å². The first kappa shape index (κ1) is 14.1. The Balaban J connectivity index is 2.90. The highest BCUT2D eigenvalue weighted by Gasteiger charge is 2.16. The fourth-order valence-electron chi connectivity index (χ4n) is 1.44. The summed E-state index contributed by atoms with van der Waals surface area (Å²) in [7, 11) is 0. The Morgan fingerprint density at radius 2 is 2.29 bits per heavy atom. The van der Waals surface area contributed by atoms with Crippen molar-refractivity contribution < 1.29 is 4.79 Å². The van der Waals surface area contributed by atoms with Crippen LogP contribution in [0.4, 0.5) is 0 Å². The maximum absolute atomic E-state index is 12.2. The second-order valence-corrected chi connectivity index (χ2v) is 4.85. The van der Waals surface area contributed by atoms with E-state index in [-0.39, 0.29) is 5.91 Å². The van der Waals surface area contributed by atoms with Crippen molar-refractivity contribution in [3.05, 3.63) is 28.2 Å². The van der Waals surface area contributed by atoms with Crippen molar-refractivity contribution in [2.45, 2.75) is 18.2 Å². The van der Waals surface area contributed by atoms with Crippen LogP contribution in [0, 0.1) is 11.3 Å². The van der Waals surface area contributed by atoms with E-state index in [1.165, 1.54) is 0 Å². The standard InChI is InChI=1S/C12H13BrN2OS/c1-2-15(7-3-6-14)12(16)10-5-4-9(13)8-11(10)17/h4-5,8,17H,2-3,7H2,1H3. The lowest BCUT2D eigenvalue weighted by atomic mass is 10.2. The fraction of sp³-hybridized carbons (Fsp3) is 0.333. The van der Waals surface area contributed by atoms with Gasteiger partial charge in [-0.3, -0.25) is 4.79 Å². The van der Waals surface area contributed by atoms with Crippen LogP contribution >= 0.6 is 28.6 Å². The molecule has 0 N–H and O–H groups in total. The molecule has 1 amide bonds. The molecule has 3 nitrogen and oxygen atoms in total. The van der Waals surface area contributed by atoms with E-state index in [0.29, 0.717) is 30.0 Å². The molecule has 1 rings (SSSR count). The topological polar surface area (TPSA) is 44.1 Å². The molecule has 0 fully saturated rings. The highest BCUT2D eigenvalue weighted by Crippen LogP contribution is 2.21. The van der Waals surface area contributed by atoms with Gasteiger partial charge in [-0.2, -0.15) is 5.26 Å². The monoisotopic (exact) mass is 312 g/mol. The normalized spacial score (nSPS) is 9.76. The summed E-state index contributed by atoms with van der Waals surface area (Å²) in [6.07, 6.45) is 0.345. The fourth-order valence-corrected chi connectivity index (χ4v) is 2.29. The highest BCUT2D eigenvalue weighted by molar-refractivity contribution is 9.10. The molecule has 0 spiro atoms. The number of hydrogen-bond acceptors (Lipinski definition) is 3. The number of carbonyl (C=O) groups is 1. The SMILES string of the molecule is CCN(CCC#N)C(=O)c1ccc(Br)cc1S. The van der Waals surface area contributed by atoms with Crippen LogP contribution in [0.5, 0.6) is 0 Å². The Bertz CT molecular complexity index is 456. The first-order chi connectivity index (χ1) is 8.10. The molecule has 0 unspecified atom stereocenters. The van der Waals surface area contributed by atoms with Crippen LogP contribution in [-0.4, -0.2) is 23.9 Å². The molecule has 0 bridgehead atoms. The number of amides is 1. The van der Waals surface area contributed by atoms with E-state index >= 15 is 0 Å². The average Bonchev–Trinajstić information content (AvgIpc) is 2.29. The summed E-state index contributed by atoms with van der Waals surface area (Å²) in [6.45, 7) is 2.94. The molecule has 0 atom stereocenters. The summed E-state index contributed by atoms with van der Waals surface area (Å²) in [5.41, 5.74) is 0.566. The van der Waals surface area contributed by atoms with E-state index in [9.17, 15) is 4.79 Å². The number of rotatable bonds is 4. The molecule has 1 aromatic rings. The minimum atomic E-state index is -0.0831. The van der Waals surface area contributed by atoms with Crippen LogP contribution in [0.1, 0.15) is 23.7 Å². The highest BCUT2D eigenvalue weighted by atomic mass is 79.9. The lowest BCUT2D eigenvalue weighted by Gasteiger charge is -2.20. The van der Waals surface area contributed by atoms with Crippen molar-refractivity contribution in [3.8, 4) is 6.07 Å². The second-order valence-electron chi connectivity index (χ2n) is 3.45. The van der Waals surface area contributed by atoms with Gasteiger partial charge in [0.1, 0.15) is 0 Å². The van der Waals surface area contributed by atoms with E-state index in [2.05, 4.69) is 28.6 Å². The van der Waals surface area contributed by atoms with Crippen molar-refractivity contribution in [2.75, 3.05) is 13.1 Å². The number of nitrogens with zero attached hydrogens (tertiary/aromatic N) is 2. The molecule has 0 saturated heterocycles. The Kier molecular flexibility index (Phi) is 5.52. The molecule has 0 radical (unpaired) electrons. The van der Waals surface area contributed by atoms with Gasteiger partial charge in [0.15, 0.2) is 0 Å². The van der Waals surface area contributed by atoms with Crippen molar-refractivity contribution in [2.24, 2.45) is 0 Å². The molecule has 5 heteroatoms. The summed E-state index contributed by atoms with van der Waals surface area (Å²) in [6, 6.07) is 7.38. The third-order valence-electron chi connectivity index (χ3n) is 2.35. The van der Waals surface area contributed by atoms with Crippen LogP contribution < -0.4 is 0 Å². The largest absolute Gasteiger partial charge is 0.338 e. The second kappa shape index (κ2) is 6.67. The van der Waals surface area contributed by atoms with E-state index in [1.54, 1.807) is 17.0 Å². The van der Waals surface area contributed by atoms with Crippen molar-refractivity contribution in [1.82, 2.24) is 4.90 Å². The Morgan fingerprint density at radius 1 is 1.59 bits per heavy atom. The van der Waals surface area contributed by atoms with Crippen LogP contribution in [-0.2, 0) is 0 Å².